The predicted octanol–water partition coefficient (Wildman–Crippen LogP) is 2.08. The lowest BCUT2D eigenvalue weighted by Crippen LogP contribution is -2.70. The number of β-lactam (4-membered cyclic amide) rings is 1. The quantitative estimate of drug-likeness (QED) is 0.793. The normalized spacial score (nSPS) is 22.7. The molecule has 1 aliphatic heterocycles. The van der Waals surface area contributed by atoms with Crippen molar-refractivity contribution in [3.63, 3.8) is 0 Å². The lowest BCUT2D eigenvalue weighted by molar-refractivity contribution is -0.144. The number of aliphatic hydroxyl groups excluding tert-OH is 1. The maximum absolute atomic E-state index is 12.2. The van der Waals surface area contributed by atoms with Gasteiger partial charge in [0.1, 0.15) is 5.75 Å². The van der Waals surface area contributed by atoms with E-state index in [4.69, 9.17) is 9.47 Å². The van der Waals surface area contributed by atoms with E-state index >= 15 is 0 Å². The standard InChI is InChI=1S/C15H18BrNO4/c1-9(16)8-12(18)13-14(21-3)15(19)17(13)10-4-6-11(20-2)7-5-10/h4-7,12-14,18H,1,8H2,2-3H3/t12-,13+,14-/m1/s1. The molecule has 0 radical (unpaired) electrons. The van der Waals surface area contributed by atoms with Crippen LogP contribution in [0.5, 0.6) is 5.75 Å². The van der Waals surface area contributed by atoms with E-state index in [2.05, 4.69) is 22.5 Å². The number of hydrogen-bond donors (Lipinski definition) is 1. The minimum Gasteiger partial charge on any atom is -0.497 e. The first kappa shape index (κ1) is 16.0. The third kappa shape index (κ3) is 3.12. The molecule has 0 bridgehead atoms. The number of amides is 1. The molecule has 1 aromatic carbocycles. The van der Waals surface area contributed by atoms with Gasteiger partial charge in [0, 0.05) is 19.2 Å². The summed E-state index contributed by atoms with van der Waals surface area (Å²) >= 11 is 3.23. The summed E-state index contributed by atoms with van der Waals surface area (Å²) in [6.07, 6.45) is -1.03. The fourth-order valence-electron chi connectivity index (χ4n) is 2.49. The molecule has 1 amide bonds. The Kier molecular flexibility index (Phi) is 5.03. The molecule has 0 spiro atoms. The molecule has 1 saturated heterocycles. The van der Waals surface area contributed by atoms with Crippen LogP contribution in [0.25, 0.3) is 0 Å². The number of carbonyl (C=O) groups is 1. The van der Waals surface area contributed by atoms with Gasteiger partial charge in [-0.2, -0.15) is 0 Å². The maximum atomic E-state index is 12.2. The van der Waals surface area contributed by atoms with Crippen LogP contribution in [-0.2, 0) is 9.53 Å². The number of ether oxygens (including phenoxy) is 2. The molecular formula is C15H18BrNO4. The SMILES string of the molecule is C=C(Br)C[C@@H](O)[C@H]1[C@@H](OC)C(=O)N1c1ccc(OC)cc1. The highest BCUT2D eigenvalue weighted by atomic mass is 79.9. The Morgan fingerprint density at radius 3 is 2.52 bits per heavy atom. The van der Waals surface area contributed by atoms with Gasteiger partial charge in [0.2, 0.25) is 0 Å². The van der Waals surface area contributed by atoms with Gasteiger partial charge in [-0.3, -0.25) is 4.79 Å². The van der Waals surface area contributed by atoms with Crippen LogP contribution in [0.1, 0.15) is 6.42 Å². The number of methoxy groups -OCH3 is 2. The fraction of sp³-hybridized carbons (Fsp3) is 0.400. The summed E-state index contributed by atoms with van der Waals surface area (Å²) in [6.45, 7) is 3.72. The molecule has 0 aromatic heterocycles. The zero-order chi connectivity index (χ0) is 15.6. The van der Waals surface area contributed by atoms with E-state index in [0.717, 1.165) is 0 Å². The van der Waals surface area contributed by atoms with E-state index in [1.165, 1.54) is 7.11 Å². The summed E-state index contributed by atoms with van der Waals surface area (Å²) < 4.78 is 11.0. The molecule has 1 heterocycles. The van der Waals surface area contributed by atoms with Gasteiger partial charge in [0.25, 0.3) is 5.91 Å². The lowest BCUT2D eigenvalue weighted by atomic mass is 9.90. The largest absolute Gasteiger partial charge is 0.497 e. The molecule has 6 heteroatoms. The first-order chi connectivity index (χ1) is 9.99. The third-order valence-electron chi connectivity index (χ3n) is 3.52. The predicted molar refractivity (Wildman–Crippen MR) is 83.8 cm³/mol. The topological polar surface area (TPSA) is 59.0 Å². The Morgan fingerprint density at radius 1 is 1.43 bits per heavy atom. The Labute approximate surface area is 132 Å². The number of rotatable bonds is 6. The highest BCUT2D eigenvalue weighted by molar-refractivity contribution is 9.11. The van der Waals surface area contributed by atoms with Gasteiger partial charge in [-0.05, 0) is 28.7 Å². The van der Waals surface area contributed by atoms with Gasteiger partial charge in [-0.15, -0.1) is 0 Å². The van der Waals surface area contributed by atoms with Crippen molar-refractivity contribution in [2.45, 2.75) is 24.7 Å². The smallest absolute Gasteiger partial charge is 0.258 e. The van der Waals surface area contributed by atoms with Crippen LogP contribution in [-0.4, -0.2) is 43.5 Å². The monoisotopic (exact) mass is 355 g/mol. The Hall–Kier alpha value is -1.37. The molecule has 1 aliphatic rings. The average Bonchev–Trinajstić information content (AvgIpc) is 2.45. The molecule has 114 valence electrons. The molecule has 1 N–H and O–H groups in total. The van der Waals surface area contributed by atoms with Crippen molar-refractivity contribution in [2.75, 3.05) is 19.1 Å². The van der Waals surface area contributed by atoms with Gasteiger partial charge in [0.05, 0.1) is 19.3 Å². The molecule has 5 nitrogen and oxygen atoms in total. The zero-order valence-corrected chi connectivity index (χ0v) is 13.5. The van der Waals surface area contributed by atoms with Crippen LogP contribution in [0.2, 0.25) is 0 Å². The second-order valence-electron chi connectivity index (χ2n) is 4.84. The summed E-state index contributed by atoms with van der Waals surface area (Å²) in [5.74, 6) is 0.549. The van der Waals surface area contributed by atoms with Crippen LogP contribution in [0, 0.1) is 0 Å². The zero-order valence-electron chi connectivity index (χ0n) is 12.0. The van der Waals surface area contributed by atoms with E-state index < -0.39 is 18.2 Å². The highest BCUT2D eigenvalue weighted by Gasteiger charge is 2.51. The van der Waals surface area contributed by atoms with E-state index in [9.17, 15) is 9.90 Å². The lowest BCUT2D eigenvalue weighted by Gasteiger charge is -2.48. The molecule has 0 aliphatic carbocycles. The molecule has 2 rings (SSSR count). The Balaban J connectivity index is 2.22. The number of nitrogens with zero attached hydrogens (tertiary/aromatic N) is 1. The molecule has 0 unspecified atom stereocenters. The average molecular weight is 356 g/mol. The summed E-state index contributed by atoms with van der Waals surface area (Å²) in [6, 6.07) is 6.69. The summed E-state index contributed by atoms with van der Waals surface area (Å²) in [4.78, 5) is 13.7. The molecule has 21 heavy (non-hydrogen) atoms. The fourth-order valence-corrected chi connectivity index (χ4v) is 2.82. The summed E-state index contributed by atoms with van der Waals surface area (Å²) in [5.41, 5.74) is 0.707. The number of aliphatic hydroxyl groups is 1. The maximum Gasteiger partial charge on any atom is 0.258 e. The number of halogens is 1. The summed E-state index contributed by atoms with van der Waals surface area (Å²) in [7, 11) is 3.05. The van der Waals surface area contributed by atoms with E-state index in [0.29, 0.717) is 22.3 Å². The van der Waals surface area contributed by atoms with Gasteiger partial charge in [0.15, 0.2) is 6.10 Å². The van der Waals surface area contributed by atoms with E-state index in [1.54, 1.807) is 36.3 Å². The van der Waals surface area contributed by atoms with Gasteiger partial charge < -0.3 is 19.5 Å². The third-order valence-corrected chi connectivity index (χ3v) is 3.84. The summed E-state index contributed by atoms with van der Waals surface area (Å²) in [5, 5.41) is 10.3. The van der Waals surface area contributed by atoms with Crippen molar-refractivity contribution in [3.8, 4) is 5.75 Å². The van der Waals surface area contributed by atoms with Crippen molar-refractivity contribution in [1.29, 1.82) is 0 Å². The van der Waals surface area contributed by atoms with Crippen LogP contribution < -0.4 is 9.64 Å². The second-order valence-corrected chi connectivity index (χ2v) is 5.96. The molecular weight excluding hydrogens is 338 g/mol. The minimum absolute atomic E-state index is 0.160. The second kappa shape index (κ2) is 6.60. The van der Waals surface area contributed by atoms with E-state index in [-0.39, 0.29) is 5.91 Å². The van der Waals surface area contributed by atoms with Crippen molar-refractivity contribution in [3.05, 3.63) is 35.3 Å². The molecule has 1 aromatic rings. The number of anilines is 1. The van der Waals surface area contributed by atoms with Gasteiger partial charge in [-0.1, -0.05) is 22.5 Å². The first-order valence-electron chi connectivity index (χ1n) is 6.51. The van der Waals surface area contributed by atoms with Crippen LogP contribution in [0.3, 0.4) is 0 Å². The number of hydrogen-bond acceptors (Lipinski definition) is 4. The van der Waals surface area contributed by atoms with Crippen molar-refractivity contribution >= 4 is 27.5 Å². The molecule has 1 fully saturated rings. The molecule has 3 atom stereocenters. The van der Waals surface area contributed by atoms with Crippen LogP contribution >= 0.6 is 15.9 Å². The molecule has 0 saturated carbocycles. The highest BCUT2D eigenvalue weighted by Crippen LogP contribution is 2.34. The van der Waals surface area contributed by atoms with Crippen molar-refractivity contribution < 1.29 is 19.4 Å². The number of benzene rings is 1. The number of carbonyl (C=O) groups excluding carboxylic acids is 1. The van der Waals surface area contributed by atoms with E-state index in [1.807, 2.05) is 0 Å². The van der Waals surface area contributed by atoms with Crippen molar-refractivity contribution in [1.82, 2.24) is 0 Å². The van der Waals surface area contributed by atoms with Crippen LogP contribution in [0.15, 0.2) is 35.3 Å². The Bertz CT molecular complexity index is 531. The van der Waals surface area contributed by atoms with Gasteiger partial charge >= 0.3 is 0 Å². The minimum atomic E-state index is -0.748. The van der Waals surface area contributed by atoms with Gasteiger partial charge in [-0.25, -0.2) is 0 Å². The van der Waals surface area contributed by atoms with Crippen molar-refractivity contribution in [2.24, 2.45) is 0 Å². The Morgan fingerprint density at radius 2 is 2.05 bits per heavy atom. The first-order valence-corrected chi connectivity index (χ1v) is 7.30. The van der Waals surface area contributed by atoms with Crippen LogP contribution in [0.4, 0.5) is 5.69 Å².